The molecule has 0 aliphatic rings. The van der Waals surface area contributed by atoms with E-state index in [1.54, 1.807) is 0 Å². The molecule has 0 aliphatic carbocycles. The van der Waals surface area contributed by atoms with Crippen LogP contribution in [-0.2, 0) is 4.84 Å². The molecular formula is C21H29NO. The van der Waals surface area contributed by atoms with Crippen LogP contribution in [0.25, 0.3) is 0 Å². The van der Waals surface area contributed by atoms with Gasteiger partial charge in [-0.1, -0.05) is 88.4 Å². The number of hydrogen-bond acceptors (Lipinski definition) is 2. The van der Waals surface area contributed by atoms with Crippen molar-refractivity contribution in [2.75, 3.05) is 6.54 Å². The van der Waals surface area contributed by atoms with Gasteiger partial charge in [-0.15, -0.1) is 0 Å². The summed E-state index contributed by atoms with van der Waals surface area (Å²) < 4.78 is 0. The molecule has 23 heavy (non-hydrogen) atoms. The molecular weight excluding hydrogens is 282 g/mol. The van der Waals surface area contributed by atoms with Crippen LogP contribution in [-0.4, -0.2) is 11.6 Å². The fraction of sp³-hybridized carbons (Fsp3) is 0.429. The van der Waals surface area contributed by atoms with E-state index < -0.39 is 0 Å². The molecule has 0 spiro atoms. The van der Waals surface area contributed by atoms with Crippen LogP contribution < -0.4 is 0 Å². The zero-order valence-corrected chi connectivity index (χ0v) is 15.0. The first kappa shape index (κ1) is 17.7. The number of nitrogens with zero attached hydrogens (tertiary/aromatic N) is 1. The fourth-order valence-corrected chi connectivity index (χ4v) is 3.04. The Labute approximate surface area is 141 Å². The quantitative estimate of drug-likeness (QED) is 0.626. The number of benzene rings is 2. The second-order valence-electron chi connectivity index (χ2n) is 7.07. The molecule has 2 atom stereocenters. The summed E-state index contributed by atoms with van der Waals surface area (Å²) in [6.45, 7) is 11.9. The van der Waals surface area contributed by atoms with Crippen LogP contribution >= 0.6 is 0 Å². The standard InChI is InChI=1S/C21H29NO/c1-6-22(23-17(2)18-13-9-7-10-14-18)20(21(3,4)5)19-15-11-8-12-16-19/h7-17,20H,6H2,1-5H3. The van der Waals surface area contributed by atoms with Crippen LogP contribution in [0.2, 0.25) is 0 Å². The zero-order chi connectivity index (χ0) is 16.9. The third kappa shape index (κ3) is 4.66. The second kappa shape index (κ2) is 7.76. The van der Waals surface area contributed by atoms with Gasteiger partial charge in [0.25, 0.3) is 0 Å². The molecule has 0 N–H and O–H groups in total. The van der Waals surface area contributed by atoms with E-state index in [4.69, 9.17) is 4.84 Å². The summed E-state index contributed by atoms with van der Waals surface area (Å²) in [6.07, 6.45) is 0.0321. The fourth-order valence-electron chi connectivity index (χ4n) is 3.04. The highest BCUT2D eigenvalue weighted by Gasteiger charge is 2.32. The Balaban J connectivity index is 2.25. The van der Waals surface area contributed by atoms with Crippen molar-refractivity contribution in [1.29, 1.82) is 0 Å². The van der Waals surface area contributed by atoms with Gasteiger partial charge < -0.3 is 0 Å². The lowest BCUT2D eigenvalue weighted by Gasteiger charge is -2.40. The van der Waals surface area contributed by atoms with E-state index in [1.165, 1.54) is 11.1 Å². The molecule has 2 nitrogen and oxygen atoms in total. The first-order valence-electron chi connectivity index (χ1n) is 8.46. The molecule has 2 heteroatoms. The van der Waals surface area contributed by atoms with Crippen LogP contribution in [0.1, 0.15) is 57.9 Å². The van der Waals surface area contributed by atoms with Gasteiger partial charge in [0, 0.05) is 6.54 Å². The monoisotopic (exact) mass is 311 g/mol. The molecule has 0 amide bonds. The molecule has 124 valence electrons. The third-order valence-corrected chi connectivity index (χ3v) is 4.10. The van der Waals surface area contributed by atoms with E-state index in [0.717, 1.165) is 6.54 Å². The van der Waals surface area contributed by atoms with Gasteiger partial charge in [0.05, 0.1) is 6.04 Å². The minimum atomic E-state index is 0.0321. The normalized spacial score (nSPS) is 14.7. The third-order valence-electron chi connectivity index (χ3n) is 4.10. The maximum Gasteiger partial charge on any atom is 0.101 e. The van der Waals surface area contributed by atoms with Crippen molar-refractivity contribution in [3.63, 3.8) is 0 Å². The van der Waals surface area contributed by atoms with E-state index in [-0.39, 0.29) is 17.6 Å². The number of rotatable bonds is 6. The Morgan fingerprint density at radius 2 is 1.35 bits per heavy atom. The Morgan fingerprint density at radius 3 is 1.78 bits per heavy atom. The maximum absolute atomic E-state index is 6.36. The molecule has 0 bridgehead atoms. The van der Waals surface area contributed by atoms with Gasteiger partial charge >= 0.3 is 0 Å². The average molecular weight is 311 g/mol. The summed E-state index contributed by atoms with van der Waals surface area (Å²) in [6, 6.07) is 21.2. The van der Waals surface area contributed by atoms with Crippen LogP contribution in [0.5, 0.6) is 0 Å². The summed E-state index contributed by atoms with van der Waals surface area (Å²) in [4.78, 5) is 6.36. The largest absolute Gasteiger partial charge is 0.291 e. The highest BCUT2D eigenvalue weighted by atomic mass is 16.7. The summed E-state index contributed by atoms with van der Waals surface area (Å²) in [5.41, 5.74) is 2.57. The number of hydrogen-bond donors (Lipinski definition) is 0. The van der Waals surface area contributed by atoms with Gasteiger partial charge in [0.1, 0.15) is 6.10 Å². The SMILES string of the molecule is CCN(OC(C)c1ccccc1)C(c1ccccc1)C(C)(C)C. The Kier molecular flexibility index (Phi) is 5.97. The molecule has 0 aliphatic heterocycles. The van der Waals surface area contributed by atoms with Crippen LogP contribution in [0, 0.1) is 5.41 Å². The second-order valence-corrected chi connectivity index (χ2v) is 7.07. The summed E-state index contributed by atoms with van der Waals surface area (Å²) in [7, 11) is 0. The average Bonchev–Trinajstić information content (AvgIpc) is 2.54. The molecule has 2 aromatic carbocycles. The van der Waals surface area contributed by atoms with Gasteiger partial charge in [-0.2, -0.15) is 5.06 Å². The Morgan fingerprint density at radius 1 is 0.870 bits per heavy atom. The molecule has 0 aromatic heterocycles. The predicted octanol–water partition coefficient (Wildman–Crippen LogP) is 5.79. The van der Waals surface area contributed by atoms with Crippen molar-refractivity contribution in [2.45, 2.75) is 46.8 Å². The topological polar surface area (TPSA) is 12.5 Å². The molecule has 2 unspecified atom stereocenters. The highest BCUT2D eigenvalue weighted by Crippen LogP contribution is 2.39. The lowest BCUT2D eigenvalue weighted by molar-refractivity contribution is -0.236. The van der Waals surface area contributed by atoms with Crippen molar-refractivity contribution in [2.24, 2.45) is 5.41 Å². The minimum absolute atomic E-state index is 0.0321. The summed E-state index contributed by atoms with van der Waals surface area (Å²) >= 11 is 0. The van der Waals surface area contributed by atoms with E-state index in [9.17, 15) is 0 Å². The van der Waals surface area contributed by atoms with Crippen LogP contribution in [0.4, 0.5) is 0 Å². The van der Waals surface area contributed by atoms with E-state index >= 15 is 0 Å². The van der Waals surface area contributed by atoms with Crippen molar-refractivity contribution in [1.82, 2.24) is 5.06 Å². The molecule has 0 saturated heterocycles. The van der Waals surface area contributed by atoms with E-state index in [2.05, 4.69) is 94.3 Å². The summed E-state index contributed by atoms with van der Waals surface area (Å²) in [5, 5.41) is 2.13. The van der Waals surface area contributed by atoms with Gasteiger partial charge in [0.2, 0.25) is 0 Å². The molecule has 2 aromatic rings. The van der Waals surface area contributed by atoms with Crippen LogP contribution in [0.15, 0.2) is 60.7 Å². The molecule has 0 fully saturated rings. The smallest absolute Gasteiger partial charge is 0.101 e. The first-order valence-corrected chi connectivity index (χ1v) is 8.46. The van der Waals surface area contributed by atoms with Crippen molar-refractivity contribution in [3.05, 3.63) is 71.8 Å². The molecule has 0 heterocycles. The maximum atomic E-state index is 6.36. The highest BCUT2D eigenvalue weighted by molar-refractivity contribution is 5.21. The van der Waals surface area contributed by atoms with Crippen LogP contribution in [0.3, 0.4) is 0 Å². The molecule has 0 radical (unpaired) electrons. The van der Waals surface area contributed by atoms with Crippen molar-refractivity contribution < 1.29 is 4.84 Å². The predicted molar refractivity (Wildman–Crippen MR) is 97.0 cm³/mol. The van der Waals surface area contributed by atoms with Crippen molar-refractivity contribution >= 4 is 0 Å². The Bertz CT molecular complexity index is 574. The van der Waals surface area contributed by atoms with E-state index in [0.29, 0.717) is 0 Å². The van der Waals surface area contributed by atoms with Crippen molar-refractivity contribution in [3.8, 4) is 0 Å². The zero-order valence-electron chi connectivity index (χ0n) is 15.0. The lowest BCUT2D eigenvalue weighted by atomic mass is 9.82. The lowest BCUT2D eigenvalue weighted by Crippen LogP contribution is -2.37. The molecule has 0 saturated carbocycles. The van der Waals surface area contributed by atoms with Gasteiger partial charge in [-0.3, -0.25) is 4.84 Å². The summed E-state index contributed by atoms with van der Waals surface area (Å²) in [5.74, 6) is 0. The van der Waals surface area contributed by atoms with E-state index in [1.807, 2.05) is 6.07 Å². The van der Waals surface area contributed by atoms with Gasteiger partial charge in [-0.25, -0.2) is 0 Å². The number of hydroxylamine groups is 2. The minimum Gasteiger partial charge on any atom is -0.291 e. The Hall–Kier alpha value is -1.64. The first-order chi connectivity index (χ1) is 10.9. The van der Waals surface area contributed by atoms with Gasteiger partial charge in [0.15, 0.2) is 0 Å². The molecule has 2 rings (SSSR count). The van der Waals surface area contributed by atoms with Gasteiger partial charge in [-0.05, 0) is 23.5 Å².